The molecule has 0 aliphatic heterocycles. The highest BCUT2D eigenvalue weighted by molar-refractivity contribution is 7.99. The Bertz CT molecular complexity index is 494. The Morgan fingerprint density at radius 1 is 1.30 bits per heavy atom. The van der Waals surface area contributed by atoms with Crippen molar-refractivity contribution in [2.75, 3.05) is 12.3 Å². The molecule has 20 heavy (non-hydrogen) atoms. The van der Waals surface area contributed by atoms with E-state index in [1.165, 1.54) is 11.8 Å². The molecule has 0 spiro atoms. The summed E-state index contributed by atoms with van der Waals surface area (Å²) in [5.41, 5.74) is 1.68. The van der Waals surface area contributed by atoms with E-state index in [-0.39, 0.29) is 12.3 Å². The van der Waals surface area contributed by atoms with Gasteiger partial charge in [0.15, 0.2) is 0 Å². The number of hydrogen-bond donors (Lipinski definition) is 2. The molecule has 0 radical (unpaired) electrons. The summed E-state index contributed by atoms with van der Waals surface area (Å²) in [6.07, 6.45) is 0.514. The first-order chi connectivity index (χ1) is 9.61. The zero-order valence-corrected chi connectivity index (χ0v) is 11.8. The Hall–Kier alpha value is -2.00. The van der Waals surface area contributed by atoms with Crippen LogP contribution in [0.25, 0.3) is 0 Å². The van der Waals surface area contributed by atoms with Crippen molar-refractivity contribution >= 4 is 23.6 Å². The van der Waals surface area contributed by atoms with Crippen molar-refractivity contribution in [1.82, 2.24) is 5.32 Å². The lowest BCUT2D eigenvalue weighted by Crippen LogP contribution is -2.26. The van der Waals surface area contributed by atoms with Crippen molar-refractivity contribution in [3.63, 3.8) is 0 Å². The molecule has 106 valence electrons. The molecule has 1 aromatic rings. The Labute approximate surface area is 122 Å². The number of carboxylic acid groups (broad SMARTS) is 1. The fourth-order valence-corrected chi connectivity index (χ4v) is 2.27. The van der Waals surface area contributed by atoms with Gasteiger partial charge in [0.25, 0.3) is 0 Å². The second-order valence-electron chi connectivity index (χ2n) is 4.15. The summed E-state index contributed by atoms with van der Waals surface area (Å²) in [6, 6.07) is 9.30. The van der Waals surface area contributed by atoms with Gasteiger partial charge in [0.1, 0.15) is 0 Å². The summed E-state index contributed by atoms with van der Waals surface area (Å²) < 4.78 is 0. The normalized spacial score (nSPS) is 9.75. The molecule has 2 N–H and O–H groups in total. The third-order valence-corrected chi connectivity index (χ3v) is 3.48. The minimum absolute atomic E-state index is 0.0681. The van der Waals surface area contributed by atoms with E-state index < -0.39 is 5.97 Å². The Morgan fingerprint density at radius 2 is 2.00 bits per heavy atom. The molecule has 6 heteroatoms. The van der Waals surface area contributed by atoms with Gasteiger partial charge in [0, 0.05) is 18.7 Å². The van der Waals surface area contributed by atoms with Gasteiger partial charge in [-0.15, -0.1) is 11.8 Å². The maximum absolute atomic E-state index is 11.5. The topological polar surface area (TPSA) is 90.2 Å². The summed E-state index contributed by atoms with van der Waals surface area (Å²) in [4.78, 5) is 21.7. The van der Waals surface area contributed by atoms with Crippen molar-refractivity contribution in [1.29, 1.82) is 5.26 Å². The zero-order chi connectivity index (χ0) is 14.8. The maximum atomic E-state index is 11.5. The summed E-state index contributed by atoms with van der Waals surface area (Å²) >= 11 is 1.48. The lowest BCUT2D eigenvalue weighted by molar-refractivity contribution is -0.137. The third-order valence-electron chi connectivity index (χ3n) is 2.47. The highest BCUT2D eigenvalue weighted by atomic mass is 32.2. The first kappa shape index (κ1) is 16.1. The minimum atomic E-state index is -0.852. The molecule has 1 amide bonds. The van der Waals surface area contributed by atoms with Gasteiger partial charge >= 0.3 is 5.97 Å². The predicted molar refractivity (Wildman–Crippen MR) is 77.2 cm³/mol. The monoisotopic (exact) mass is 292 g/mol. The number of benzene rings is 1. The Morgan fingerprint density at radius 3 is 2.60 bits per heavy atom. The van der Waals surface area contributed by atoms with Gasteiger partial charge in [-0.25, -0.2) is 0 Å². The average molecular weight is 292 g/mol. The molecule has 0 saturated carbocycles. The summed E-state index contributed by atoms with van der Waals surface area (Å²) in [5.74, 6) is 0.102. The van der Waals surface area contributed by atoms with E-state index in [1.807, 2.05) is 12.1 Å². The van der Waals surface area contributed by atoms with Crippen LogP contribution in [-0.2, 0) is 15.3 Å². The number of carbonyl (C=O) groups is 2. The van der Waals surface area contributed by atoms with E-state index in [0.717, 1.165) is 5.56 Å². The van der Waals surface area contributed by atoms with Crippen molar-refractivity contribution < 1.29 is 14.7 Å². The van der Waals surface area contributed by atoms with Gasteiger partial charge in [0.05, 0.1) is 17.4 Å². The Kier molecular flexibility index (Phi) is 7.22. The number of nitrogens with zero attached hydrogens (tertiary/aromatic N) is 1. The van der Waals surface area contributed by atoms with Crippen LogP contribution in [0.4, 0.5) is 0 Å². The first-order valence-corrected chi connectivity index (χ1v) is 7.32. The van der Waals surface area contributed by atoms with Crippen LogP contribution in [0.2, 0.25) is 0 Å². The van der Waals surface area contributed by atoms with Crippen molar-refractivity contribution in [2.24, 2.45) is 0 Å². The highest BCUT2D eigenvalue weighted by Gasteiger charge is 2.03. The van der Waals surface area contributed by atoms with Crippen molar-refractivity contribution in [3.05, 3.63) is 35.4 Å². The summed E-state index contributed by atoms with van der Waals surface area (Å²) in [7, 11) is 0. The molecule has 5 nitrogen and oxygen atoms in total. The number of amides is 1. The number of nitrogens with one attached hydrogen (secondary N) is 1. The third kappa shape index (κ3) is 6.81. The van der Waals surface area contributed by atoms with Gasteiger partial charge in [0.2, 0.25) is 5.91 Å². The molecule has 0 aromatic heterocycles. The highest BCUT2D eigenvalue weighted by Crippen LogP contribution is 2.12. The van der Waals surface area contributed by atoms with Crippen LogP contribution in [0.3, 0.4) is 0 Å². The minimum Gasteiger partial charge on any atom is -0.481 e. The van der Waals surface area contributed by atoms with Gasteiger partial charge in [-0.2, -0.15) is 5.26 Å². The molecular weight excluding hydrogens is 276 g/mol. The number of hydrogen-bond acceptors (Lipinski definition) is 4. The quantitative estimate of drug-likeness (QED) is 0.713. The molecule has 0 atom stereocenters. The maximum Gasteiger partial charge on any atom is 0.303 e. The van der Waals surface area contributed by atoms with E-state index in [0.29, 0.717) is 30.0 Å². The molecule has 0 bridgehead atoms. The van der Waals surface area contributed by atoms with Gasteiger partial charge < -0.3 is 10.4 Å². The van der Waals surface area contributed by atoms with E-state index in [2.05, 4.69) is 11.4 Å². The fourth-order valence-electron chi connectivity index (χ4n) is 1.46. The molecule has 1 aromatic carbocycles. The number of rotatable bonds is 8. The summed E-state index contributed by atoms with van der Waals surface area (Å²) in [5, 5.41) is 19.8. The molecule has 1 rings (SSSR count). The van der Waals surface area contributed by atoms with Crippen LogP contribution in [0.1, 0.15) is 24.0 Å². The zero-order valence-electron chi connectivity index (χ0n) is 11.0. The average Bonchev–Trinajstić information content (AvgIpc) is 2.44. The van der Waals surface area contributed by atoms with Crippen molar-refractivity contribution in [2.45, 2.75) is 18.6 Å². The number of carbonyl (C=O) groups excluding carboxylic acids is 1. The van der Waals surface area contributed by atoms with Crippen LogP contribution >= 0.6 is 11.8 Å². The fraction of sp³-hybridized carbons (Fsp3) is 0.357. The summed E-state index contributed by atoms with van der Waals surface area (Å²) in [6.45, 7) is 0.391. The smallest absolute Gasteiger partial charge is 0.303 e. The number of carboxylic acids is 1. The SMILES string of the molecule is N#Cc1ccc(CSCC(=O)NCCCC(=O)O)cc1. The van der Waals surface area contributed by atoms with Crippen LogP contribution < -0.4 is 5.32 Å². The second kappa shape index (κ2) is 8.99. The number of aliphatic carboxylic acids is 1. The molecule has 0 saturated heterocycles. The largest absolute Gasteiger partial charge is 0.481 e. The van der Waals surface area contributed by atoms with E-state index >= 15 is 0 Å². The first-order valence-electron chi connectivity index (χ1n) is 6.17. The van der Waals surface area contributed by atoms with Crippen LogP contribution in [0.15, 0.2) is 24.3 Å². The molecule has 0 aliphatic rings. The standard InChI is InChI=1S/C14H16N2O3S/c15-8-11-3-5-12(6-4-11)9-20-10-13(17)16-7-1-2-14(18)19/h3-6H,1-2,7,9-10H2,(H,16,17)(H,18,19). The van der Waals surface area contributed by atoms with Gasteiger partial charge in [-0.05, 0) is 24.1 Å². The lowest BCUT2D eigenvalue weighted by atomic mass is 10.2. The van der Waals surface area contributed by atoms with Crippen LogP contribution in [0, 0.1) is 11.3 Å². The molecule has 0 unspecified atom stereocenters. The van der Waals surface area contributed by atoms with Crippen LogP contribution in [0.5, 0.6) is 0 Å². The van der Waals surface area contributed by atoms with Gasteiger partial charge in [-0.3, -0.25) is 9.59 Å². The van der Waals surface area contributed by atoms with E-state index in [1.54, 1.807) is 12.1 Å². The predicted octanol–water partition coefficient (Wildman–Crippen LogP) is 1.77. The number of nitriles is 1. The van der Waals surface area contributed by atoms with Crippen molar-refractivity contribution in [3.8, 4) is 6.07 Å². The molecule has 0 aliphatic carbocycles. The van der Waals surface area contributed by atoms with Crippen LogP contribution in [-0.4, -0.2) is 29.3 Å². The molecule has 0 fully saturated rings. The molecular formula is C14H16N2O3S. The second-order valence-corrected chi connectivity index (χ2v) is 5.13. The Balaban J connectivity index is 2.15. The van der Waals surface area contributed by atoms with E-state index in [4.69, 9.17) is 10.4 Å². The number of thioether (sulfide) groups is 1. The molecule has 0 heterocycles. The van der Waals surface area contributed by atoms with E-state index in [9.17, 15) is 9.59 Å². The van der Waals surface area contributed by atoms with Gasteiger partial charge in [-0.1, -0.05) is 12.1 Å². The lowest BCUT2D eigenvalue weighted by Gasteiger charge is -2.04.